The predicted octanol–water partition coefficient (Wildman–Crippen LogP) is 4.82. The number of fused-ring (bicyclic) bond motifs is 1. The van der Waals surface area contributed by atoms with Gasteiger partial charge in [-0.25, -0.2) is 0 Å². The van der Waals surface area contributed by atoms with Crippen LogP contribution >= 0.6 is 0 Å². The van der Waals surface area contributed by atoms with Gasteiger partial charge in [0.15, 0.2) is 0 Å². The molecule has 3 rings (SSSR count). The van der Waals surface area contributed by atoms with Crippen molar-refractivity contribution in [2.24, 2.45) is 17.8 Å². The minimum atomic E-state index is -0.724. The largest absolute Gasteiger partial charge is 0.481 e. The van der Waals surface area contributed by atoms with Crippen LogP contribution in [0.4, 0.5) is 0 Å². The van der Waals surface area contributed by atoms with Crippen LogP contribution in [0.3, 0.4) is 0 Å². The quantitative estimate of drug-likeness (QED) is 0.360. The summed E-state index contributed by atoms with van der Waals surface area (Å²) in [7, 11) is 0. The van der Waals surface area contributed by atoms with E-state index in [1.54, 1.807) is 0 Å². The molecule has 1 fully saturated rings. The number of benzene rings is 1. The van der Waals surface area contributed by atoms with Crippen LogP contribution in [0.1, 0.15) is 62.5 Å². The van der Waals surface area contributed by atoms with Crippen molar-refractivity contribution in [2.45, 2.75) is 76.9 Å². The van der Waals surface area contributed by atoms with E-state index >= 15 is 0 Å². The molecule has 0 aliphatic heterocycles. The van der Waals surface area contributed by atoms with Gasteiger partial charge in [0.2, 0.25) is 0 Å². The highest BCUT2D eigenvalue weighted by Crippen LogP contribution is 2.48. The zero-order valence-electron chi connectivity index (χ0n) is 18.0. The summed E-state index contributed by atoms with van der Waals surface area (Å²) in [5, 5.41) is 29.6. The second kappa shape index (κ2) is 10.9. The van der Waals surface area contributed by atoms with Crippen LogP contribution < -0.4 is 0 Å². The Morgan fingerprint density at radius 2 is 2.07 bits per heavy atom. The number of unbranched alkanes of at least 4 members (excludes halogenated alkanes) is 1. The molecule has 3 N–H and O–H groups in total. The van der Waals surface area contributed by atoms with Crippen LogP contribution in [0.5, 0.6) is 0 Å². The fraction of sp³-hybridized carbons (Fsp3) is 0.577. The summed E-state index contributed by atoms with van der Waals surface area (Å²) in [6, 6.07) is 8.51. The van der Waals surface area contributed by atoms with Gasteiger partial charge in [-0.1, -0.05) is 53.6 Å². The standard InChI is InChI=1S/C26H36O4/c1-18-6-4-8-19(14-18)9-5-10-22(27)12-13-23-24-16-20(7-2-3-11-26(29)30)15-21(24)17-25(23)28/h4,6,8,12-15,21-25,27-28H,2-3,5,7,9-11,16-17H2,1H3,(H,29,30)/b13-12+/t21-,22-,23+,24-,25+/m0/s1. The molecule has 0 amide bonds. The number of carboxylic acids is 1. The molecule has 1 saturated carbocycles. The van der Waals surface area contributed by atoms with Gasteiger partial charge in [0.1, 0.15) is 0 Å². The van der Waals surface area contributed by atoms with E-state index in [-0.39, 0.29) is 18.4 Å². The fourth-order valence-corrected chi connectivity index (χ4v) is 5.15. The third kappa shape index (κ3) is 6.55. The molecule has 1 aromatic rings. The number of rotatable bonds is 11. The minimum absolute atomic E-state index is 0.106. The molecule has 164 valence electrons. The Morgan fingerprint density at radius 1 is 1.23 bits per heavy atom. The molecule has 0 heterocycles. The number of hydrogen-bond donors (Lipinski definition) is 3. The molecular formula is C26H36O4. The first kappa shape index (κ1) is 22.8. The lowest BCUT2D eigenvalue weighted by atomic mass is 9.88. The molecule has 2 aliphatic carbocycles. The summed E-state index contributed by atoms with van der Waals surface area (Å²) in [6.45, 7) is 2.10. The topological polar surface area (TPSA) is 77.8 Å². The van der Waals surface area contributed by atoms with Crippen molar-refractivity contribution in [3.63, 3.8) is 0 Å². The predicted molar refractivity (Wildman–Crippen MR) is 119 cm³/mol. The minimum Gasteiger partial charge on any atom is -0.481 e. The number of carboxylic acid groups (broad SMARTS) is 1. The molecule has 30 heavy (non-hydrogen) atoms. The van der Waals surface area contributed by atoms with E-state index in [2.05, 4.69) is 37.3 Å². The third-order valence-electron chi connectivity index (χ3n) is 6.69. The van der Waals surface area contributed by atoms with Crippen LogP contribution in [-0.2, 0) is 11.2 Å². The van der Waals surface area contributed by atoms with E-state index in [1.807, 2.05) is 12.2 Å². The van der Waals surface area contributed by atoms with E-state index in [9.17, 15) is 15.0 Å². The summed E-state index contributed by atoms with van der Waals surface area (Å²) in [4.78, 5) is 10.6. The van der Waals surface area contributed by atoms with Gasteiger partial charge in [0.25, 0.3) is 0 Å². The Hall–Kier alpha value is -1.91. The van der Waals surface area contributed by atoms with E-state index < -0.39 is 12.1 Å². The summed E-state index contributed by atoms with van der Waals surface area (Å²) < 4.78 is 0. The van der Waals surface area contributed by atoms with Crippen LogP contribution in [0.15, 0.2) is 48.1 Å². The number of aliphatic carboxylic acids is 1. The van der Waals surface area contributed by atoms with Gasteiger partial charge in [0, 0.05) is 12.3 Å². The summed E-state index contributed by atoms with van der Waals surface area (Å²) in [5.41, 5.74) is 4.00. The van der Waals surface area contributed by atoms with Gasteiger partial charge in [-0.05, 0) is 75.7 Å². The summed E-state index contributed by atoms with van der Waals surface area (Å²) in [5.74, 6) is 0.222. The zero-order chi connectivity index (χ0) is 21.5. The van der Waals surface area contributed by atoms with Crippen molar-refractivity contribution >= 4 is 5.97 Å². The van der Waals surface area contributed by atoms with Gasteiger partial charge in [-0.2, -0.15) is 0 Å². The summed E-state index contributed by atoms with van der Waals surface area (Å²) >= 11 is 0. The maximum atomic E-state index is 10.6. The molecule has 2 aliphatic rings. The zero-order valence-corrected chi connectivity index (χ0v) is 18.0. The second-order valence-electron chi connectivity index (χ2n) is 9.17. The number of carbonyl (C=O) groups is 1. The first-order chi connectivity index (χ1) is 14.4. The Morgan fingerprint density at radius 3 is 2.83 bits per heavy atom. The van der Waals surface area contributed by atoms with Crippen molar-refractivity contribution in [1.82, 2.24) is 0 Å². The maximum Gasteiger partial charge on any atom is 0.303 e. The van der Waals surface area contributed by atoms with Crippen molar-refractivity contribution in [3.05, 3.63) is 59.2 Å². The molecule has 5 atom stereocenters. The van der Waals surface area contributed by atoms with Gasteiger partial charge in [0.05, 0.1) is 12.2 Å². The number of aliphatic hydroxyl groups is 2. The van der Waals surface area contributed by atoms with E-state index in [0.29, 0.717) is 11.8 Å². The van der Waals surface area contributed by atoms with E-state index in [0.717, 1.165) is 51.4 Å². The number of allylic oxidation sites excluding steroid dienone is 2. The van der Waals surface area contributed by atoms with Crippen LogP contribution in [0, 0.1) is 24.7 Å². The Kier molecular flexibility index (Phi) is 8.29. The van der Waals surface area contributed by atoms with E-state index in [1.165, 1.54) is 16.7 Å². The number of aryl methyl sites for hydroxylation is 2. The van der Waals surface area contributed by atoms with Crippen LogP contribution in [-0.4, -0.2) is 33.5 Å². The SMILES string of the molecule is Cc1cccc(CCC[C@H](O)/C=C/[C@@H]2[C@H]3CC(CCCCC(=O)O)=C[C@H]3C[C@H]2O)c1. The molecule has 0 bridgehead atoms. The second-order valence-corrected chi connectivity index (χ2v) is 9.17. The fourth-order valence-electron chi connectivity index (χ4n) is 5.15. The van der Waals surface area contributed by atoms with Crippen molar-refractivity contribution < 1.29 is 20.1 Å². The Balaban J connectivity index is 1.42. The lowest BCUT2D eigenvalue weighted by Gasteiger charge is -2.19. The molecular weight excluding hydrogens is 376 g/mol. The van der Waals surface area contributed by atoms with Crippen LogP contribution in [0.2, 0.25) is 0 Å². The first-order valence-electron chi connectivity index (χ1n) is 11.4. The lowest BCUT2D eigenvalue weighted by molar-refractivity contribution is -0.137. The lowest BCUT2D eigenvalue weighted by Crippen LogP contribution is -2.18. The molecule has 0 spiro atoms. The first-order valence-corrected chi connectivity index (χ1v) is 11.4. The molecule has 1 aromatic carbocycles. The average molecular weight is 413 g/mol. The third-order valence-corrected chi connectivity index (χ3v) is 6.69. The Bertz CT molecular complexity index is 766. The molecule has 0 aromatic heterocycles. The molecule has 0 saturated heterocycles. The van der Waals surface area contributed by atoms with Gasteiger partial charge in [-0.15, -0.1) is 0 Å². The monoisotopic (exact) mass is 412 g/mol. The molecule has 4 heteroatoms. The molecule has 0 unspecified atom stereocenters. The van der Waals surface area contributed by atoms with Gasteiger partial charge >= 0.3 is 5.97 Å². The van der Waals surface area contributed by atoms with Gasteiger partial charge in [-0.3, -0.25) is 4.79 Å². The molecule has 0 radical (unpaired) electrons. The normalized spacial score (nSPS) is 26.7. The highest BCUT2D eigenvalue weighted by Gasteiger charge is 2.43. The van der Waals surface area contributed by atoms with Crippen molar-refractivity contribution in [1.29, 1.82) is 0 Å². The van der Waals surface area contributed by atoms with Crippen LogP contribution in [0.25, 0.3) is 0 Å². The summed E-state index contributed by atoms with van der Waals surface area (Å²) in [6.07, 6.45) is 12.7. The maximum absolute atomic E-state index is 10.6. The van der Waals surface area contributed by atoms with Crippen molar-refractivity contribution in [2.75, 3.05) is 0 Å². The smallest absolute Gasteiger partial charge is 0.303 e. The number of hydrogen-bond acceptors (Lipinski definition) is 3. The van der Waals surface area contributed by atoms with E-state index in [4.69, 9.17) is 5.11 Å². The molecule has 4 nitrogen and oxygen atoms in total. The average Bonchev–Trinajstić information content (AvgIpc) is 3.20. The highest BCUT2D eigenvalue weighted by molar-refractivity contribution is 5.66. The van der Waals surface area contributed by atoms with Crippen molar-refractivity contribution in [3.8, 4) is 0 Å². The highest BCUT2D eigenvalue weighted by atomic mass is 16.4. The van der Waals surface area contributed by atoms with Gasteiger partial charge < -0.3 is 15.3 Å². The Labute approximate surface area is 180 Å². The number of aliphatic hydroxyl groups excluding tert-OH is 2.